The van der Waals surface area contributed by atoms with Gasteiger partial charge in [-0.15, -0.1) is 0 Å². The van der Waals surface area contributed by atoms with Crippen molar-refractivity contribution in [2.75, 3.05) is 0 Å². The van der Waals surface area contributed by atoms with Gasteiger partial charge in [0.1, 0.15) is 6.10 Å². The van der Waals surface area contributed by atoms with Gasteiger partial charge in [0.05, 0.1) is 9.50 Å². The first kappa shape index (κ1) is 8.75. The van der Waals surface area contributed by atoms with Crippen LogP contribution in [0.3, 0.4) is 0 Å². The summed E-state index contributed by atoms with van der Waals surface area (Å²) < 4.78 is 6.32. The number of epoxide rings is 1. The standard InChI is InChI=1S/C7H10Br2O/c1-2-3-5-6(10-5)4-7(8)9/h4-6H,2-3H2,1H3/t5-,6-/m1/s1. The minimum Gasteiger partial charge on any atom is -0.365 e. The molecule has 1 aliphatic rings. The lowest BCUT2D eigenvalue weighted by molar-refractivity contribution is 0.378. The Morgan fingerprint density at radius 3 is 2.80 bits per heavy atom. The normalized spacial score (nSPS) is 29.9. The van der Waals surface area contributed by atoms with Crippen molar-refractivity contribution < 1.29 is 4.74 Å². The summed E-state index contributed by atoms with van der Waals surface area (Å²) in [5.74, 6) is 0. The number of hydrogen-bond acceptors (Lipinski definition) is 1. The zero-order valence-corrected chi connectivity index (χ0v) is 8.98. The minimum absolute atomic E-state index is 0.355. The molecule has 0 aromatic carbocycles. The molecule has 0 saturated carbocycles. The molecule has 58 valence electrons. The number of rotatable bonds is 3. The zero-order valence-electron chi connectivity index (χ0n) is 5.81. The van der Waals surface area contributed by atoms with Gasteiger partial charge in [0.25, 0.3) is 0 Å². The fourth-order valence-electron chi connectivity index (χ4n) is 0.944. The highest BCUT2D eigenvalue weighted by Crippen LogP contribution is 2.30. The molecule has 2 atom stereocenters. The highest BCUT2D eigenvalue weighted by atomic mass is 79.9. The Bertz CT molecular complexity index is 141. The fraction of sp³-hybridized carbons (Fsp3) is 0.714. The summed E-state index contributed by atoms with van der Waals surface area (Å²) in [7, 11) is 0. The number of hydrogen-bond donors (Lipinski definition) is 0. The van der Waals surface area contributed by atoms with E-state index in [0.717, 1.165) is 3.39 Å². The van der Waals surface area contributed by atoms with Crippen molar-refractivity contribution in [1.82, 2.24) is 0 Å². The molecule has 0 aliphatic carbocycles. The van der Waals surface area contributed by atoms with Gasteiger partial charge in [-0.25, -0.2) is 0 Å². The van der Waals surface area contributed by atoms with Crippen LogP contribution < -0.4 is 0 Å². The molecule has 1 nitrogen and oxygen atoms in total. The molecule has 0 aromatic heterocycles. The number of halogens is 2. The van der Waals surface area contributed by atoms with Crippen LogP contribution >= 0.6 is 31.9 Å². The maximum Gasteiger partial charge on any atom is 0.104 e. The second-order valence-corrected chi connectivity index (χ2v) is 5.16. The molecule has 1 aliphatic heterocycles. The van der Waals surface area contributed by atoms with E-state index in [1.807, 2.05) is 6.08 Å². The summed E-state index contributed by atoms with van der Waals surface area (Å²) in [4.78, 5) is 0. The second-order valence-electron chi connectivity index (χ2n) is 2.38. The molecule has 0 unspecified atom stereocenters. The SMILES string of the molecule is CCC[C@H]1O[C@@H]1C=C(Br)Br. The van der Waals surface area contributed by atoms with E-state index in [1.165, 1.54) is 12.8 Å². The third-order valence-electron chi connectivity index (χ3n) is 1.49. The molecule has 0 aromatic rings. The molecule has 0 bridgehead atoms. The Kier molecular flexibility index (Phi) is 3.40. The molecular weight excluding hydrogens is 260 g/mol. The Morgan fingerprint density at radius 1 is 1.60 bits per heavy atom. The zero-order chi connectivity index (χ0) is 7.56. The van der Waals surface area contributed by atoms with Gasteiger partial charge in [0, 0.05) is 0 Å². The molecule has 3 heteroatoms. The van der Waals surface area contributed by atoms with Gasteiger partial charge >= 0.3 is 0 Å². The van der Waals surface area contributed by atoms with Crippen LogP contribution in [0.2, 0.25) is 0 Å². The van der Waals surface area contributed by atoms with Crippen molar-refractivity contribution in [3.05, 3.63) is 9.47 Å². The first-order chi connectivity index (χ1) is 4.74. The summed E-state index contributed by atoms with van der Waals surface area (Å²) in [5.41, 5.74) is 0. The molecule has 0 N–H and O–H groups in total. The van der Waals surface area contributed by atoms with Crippen molar-refractivity contribution in [1.29, 1.82) is 0 Å². The van der Waals surface area contributed by atoms with Crippen LogP contribution in [0.4, 0.5) is 0 Å². The fourth-order valence-corrected chi connectivity index (χ4v) is 1.47. The van der Waals surface area contributed by atoms with Crippen molar-refractivity contribution in [3.63, 3.8) is 0 Å². The van der Waals surface area contributed by atoms with Gasteiger partial charge in [-0.05, 0) is 44.4 Å². The quantitative estimate of drug-likeness (QED) is 0.717. The monoisotopic (exact) mass is 268 g/mol. The Hall–Kier alpha value is 0.660. The van der Waals surface area contributed by atoms with E-state index < -0.39 is 0 Å². The van der Waals surface area contributed by atoms with Gasteiger partial charge in [-0.3, -0.25) is 0 Å². The lowest BCUT2D eigenvalue weighted by atomic mass is 10.2. The van der Waals surface area contributed by atoms with Gasteiger partial charge in [-0.1, -0.05) is 13.3 Å². The Labute approximate surface area is 78.1 Å². The van der Waals surface area contributed by atoms with Crippen molar-refractivity contribution in [3.8, 4) is 0 Å². The van der Waals surface area contributed by atoms with Crippen molar-refractivity contribution in [2.24, 2.45) is 0 Å². The van der Waals surface area contributed by atoms with E-state index in [4.69, 9.17) is 4.74 Å². The van der Waals surface area contributed by atoms with Crippen LogP contribution in [0.25, 0.3) is 0 Å². The van der Waals surface area contributed by atoms with Crippen LogP contribution in [-0.2, 0) is 4.74 Å². The largest absolute Gasteiger partial charge is 0.365 e. The molecule has 1 heterocycles. The molecular formula is C7H10Br2O. The van der Waals surface area contributed by atoms with Crippen LogP contribution in [0, 0.1) is 0 Å². The molecule has 0 radical (unpaired) electrons. The van der Waals surface area contributed by atoms with Crippen LogP contribution in [0.1, 0.15) is 19.8 Å². The van der Waals surface area contributed by atoms with Crippen LogP contribution in [0.15, 0.2) is 9.47 Å². The molecule has 0 spiro atoms. The second kappa shape index (κ2) is 3.88. The third kappa shape index (κ3) is 2.72. The smallest absolute Gasteiger partial charge is 0.104 e. The van der Waals surface area contributed by atoms with Gasteiger partial charge in [0.2, 0.25) is 0 Å². The van der Waals surface area contributed by atoms with E-state index in [1.54, 1.807) is 0 Å². The van der Waals surface area contributed by atoms with Crippen molar-refractivity contribution >= 4 is 31.9 Å². The first-order valence-corrected chi connectivity index (χ1v) is 5.01. The maximum absolute atomic E-state index is 5.33. The average molecular weight is 270 g/mol. The van der Waals surface area contributed by atoms with Crippen molar-refractivity contribution in [2.45, 2.75) is 32.0 Å². The first-order valence-electron chi connectivity index (χ1n) is 3.42. The van der Waals surface area contributed by atoms with Gasteiger partial charge in [0.15, 0.2) is 0 Å². The van der Waals surface area contributed by atoms with E-state index in [0.29, 0.717) is 12.2 Å². The van der Waals surface area contributed by atoms with Gasteiger partial charge in [-0.2, -0.15) is 0 Å². The molecule has 1 rings (SSSR count). The van der Waals surface area contributed by atoms with E-state index >= 15 is 0 Å². The number of ether oxygens (including phenoxy) is 1. The van der Waals surface area contributed by atoms with E-state index in [-0.39, 0.29) is 0 Å². The minimum atomic E-state index is 0.355. The lowest BCUT2D eigenvalue weighted by Gasteiger charge is -1.84. The Morgan fingerprint density at radius 2 is 2.30 bits per heavy atom. The highest BCUT2D eigenvalue weighted by molar-refractivity contribution is 9.28. The Balaban J connectivity index is 2.19. The molecule has 0 amide bonds. The molecule has 1 saturated heterocycles. The summed E-state index contributed by atoms with van der Waals surface area (Å²) >= 11 is 6.58. The third-order valence-corrected chi connectivity index (χ3v) is 2.01. The lowest BCUT2D eigenvalue weighted by Crippen LogP contribution is -1.88. The summed E-state index contributed by atoms with van der Waals surface area (Å²) in [6.45, 7) is 2.17. The predicted molar refractivity (Wildman–Crippen MR) is 49.5 cm³/mol. The summed E-state index contributed by atoms with van der Waals surface area (Å²) in [5, 5.41) is 0. The van der Waals surface area contributed by atoms with Crippen LogP contribution in [-0.4, -0.2) is 12.2 Å². The topological polar surface area (TPSA) is 12.5 Å². The van der Waals surface area contributed by atoms with Crippen LogP contribution in [0.5, 0.6) is 0 Å². The summed E-state index contributed by atoms with van der Waals surface area (Å²) in [6.07, 6.45) is 5.26. The molecule has 10 heavy (non-hydrogen) atoms. The average Bonchev–Trinajstić information content (AvgIpc) is 2.47. The maximum atomic E-state index is 5.33. The summed E-state index contributed by atoms with van der Waals surface area (Å²) in [6, 6.07) is 0. The van der Waals surface area contributed by atoms with Gasteiger partial charge < -0.3 is 4.74 Å². The molecule has 1 fully saturated rings. The highest BCUT2D eigenvalue weighted by Gasteiger charge is 2.35. The predicted octanol–water partition coefficient (Wildman–Crippen LogP) is 3.19. The van der Waals surface area contributed by atoms with E-state index in [9.17, 15) is 0 Å². The van der Waals surface area contributed by atoms with E-state index in [2.05, 4.69) is 38.8 Å².